The molecule has 0 bridgehead atoms. The van der Waals surface area contributed by atoms with Gasteiger partial charge in [-0.2, -0.15) is 10.5 Å². The summed E-state index contributed by atoms with van der Waals surface area (Å²) in [6, 6.07) is 10.6. The van der Waals surface area contributed by atoms with Gasteiger partial charge in [-0.1, -0.05) is 24.4 Å². The van der Waals surface area contributed by atoms with Gasteiger partial charge in [0.25, 0.3) is 0 Å². The maximum absolute atomic E-state index is 10.3. The number of carbonyl (C=O) groups is 1. The van der Waals surface area contributed by atoms with Crippen LogP contribution in [-0.2, 0) is 0 Å². The minimum absolute atomic E-state index is 0.0987. The number of hydrogen-bond donors (Lipinski definition) is 4. The summed E-state index contributed by atoms with van der Waals surface area (Å²) < 4.78 is 5.56. The SMILES string of the molecule is N#Cc1c(N)[nH]c(=S)c(C#N)c1-c1ccc(OCCNC(=O)O)cc1. The van der Waals surface area contributed by atoms with Crippen LogP contribution in [0.2, 0.25) is 0 Å². The number of amides is 1. The number of ether oxygens (including phenoxy) is 1. The number of anilines is 1. The van der Waals surface area contributed by atoms with E-state index in [0.717, 1.165) is 0 Å². The number of aromatic amines is 1. The predicted octanol–water partition coefficient (Wildman–Crippen LogP) is 2.38. The molecule has 1 aromatic heterocycles. The molecule has 5 N–H and O–H groups in total. The number of hydrogen-bond acceptors (Lipinski definition) is 6. The number of rotatable bonds is 5. The van der Waals surface area contributed by atoms with E-state index in [1.54, 1.807) is 24.3 Å². The molecule has 0 saturated heterocycles. The number of nitrogens with one attached hydrogen (secondary N) is 2. The van der Waals surface area contributed by atoms with E-state index in [4.69, 9.17) is 27.8 Å². The van der Waals surface area contributed by atoms with Crippen LogP contribution in [0.5, 0.6) is 5.75 Å². The highest BCUT2D eigenvalue weighted by Crippen LogP contribution is 2.31. The van der Waals surface area contributed by atoms with Crippen molar-refractivity contribution in [3.8, 4) is 29.0 Å². The van der Waals surface area contributed by atoms with Crippen LogP contribution in [0.25, 0.3) is 11.1 Å². The Labute approximate surface area is 148 Å². The number of nitriles is 2. The van der Waals surface area contributed by atoms with Crippen molar-refractivity contribution in [2.45, 2.75) is 0 Å². The van der Waals surface area contributed by atoms with Crippen LogP contribution < -0.4 is 15.8 Å². The van der Waals surface area contributed by atoms with Gasteiger partial charge in [-0.25, -0.2) is 4.79 Å². The highest BCUT2D eigenvalue weighted by Gasteiger charge is 2.16. The summed E-state index contributed by atoms with van der Waals surface area (Å²) in [4.78, 5) is 13.0. The molecule has 0 aliphatic heterocycles. The third-order valence-corrected chi connectivity index (χ3v) is 3.56. The third-order valence-electron chi connectivity index (χ3n) is 3.26. The zero-order chi connectivity index (χ0) is 18.4. The van der Waals surface area contributed by atoms with E-state index in [1.165, 1.54) is 0 Å². The lowest BCUT2D eigenvalue weighted by molar-refractivity contribution is 0.191. The Morgan fingerprint density at radius 1 is 1.28 bits per heavy atom. The van der Waals surface area contributed by atoms with Gasteiger partial charge < -0.3 is 25.9 Å². The third kappa shape index (κ3) is 4.05. The van der Waals surface area contributed by atoms with Crippen molar-refractivity contribution >= 4 is 24.1 Å². The van der Waals surface area contributed by atoms with Crippen molar-refractivity contribution in [3.05, 3.63) is 40.0 Å². The first kappa shape index (κ1) is 17.8. The molecule has 0 atom stereocenters. The van der Waals surface area contributed by atoms with E-state index in [9.17, 15) is 15.3 Å². The lowest BCUT2D eigenvalue weighted by atomic mass is 9.97. The molecule has 1 aromatic carbocycles. The number of benzene rings is 1. The average Bonchev–Trinajstić information content (AvgIpc) is 2.58. The Morgan fingerprint density at radius 2 is 1.92 bits per heavy atom. The van der Waals surface area contributed by atoms with Gasteiger partial charge in [0.05, 0.1) is 12.1 Å². The van der Waals surface area contributed by atoms with E-state index in [-0.39, 0.29) is 34.7 Å². The Kier molecular flexibility index (Phi) is 5.56. The van der Waals surface area contributed by atoms with Crippen molar-refractivity contribution in [1.82, 2.24) is 10.3 Å². The molecule has 8 nitrogen and oxygen atoms in total. The fraction of sp³-hybridized carbons (Fsp3) is 0.125. The van der Waals surface area contributed by atoms with Gasteiger partial charge in [0.2, 0.25) is 0 Å². The molecule has 0 aliphatic rings. The predicted molar refractivity (Wildman–Crippen MR) is 92.4 cm³/mol. The fourth-order valence-electron chi connectivity index (χ4n) is 2.18. The maximum Gasteiger partial charge on any atom is 0.404 e. The average molecular weight is 355 g/mol. The second kappa shape index (κ2) is 7.81. The van der Waals surface area contributed by atoms with Crippen molar-refractivity contribution in [2.24, 2.45) is 0 Å². The molecule has 0 saturated carbocycles. The molecule has 2 aromatic rings. The van der Waals surface area contributed by atoms with E-state index >= 15 is 0 Å². The van der Waals surface area contributed by atoms with Crippen molar-refractivity contribution in [2.75, 3.05) is 18.9 Å². The van der Waals surface area contributed by atoms with E-state index < -0.39 is 6.09 Å². The molecule has 9 heteroatoms. The first-order valence-electron chi connectivity index (χ1n) is 7.04. The van der Waals surface area contributed by atoms with Gasteiger partial charge >= 0.3 is 6.09 Å². The molecular formula is C16H13N5O3S. The van der Waals surface area contributed by atoms with E-state index in [0.29, 0.717) is 16.9 Å². The van der Waals surface area contributed by atoms with Gasteiger partial charge in [0, 0.05) is 5.56 Å². The summed E-state index contributed by atoms with van der Waals surface area (Å²) in [5.74, 6) is 0.614. The zero-order valence-electron chi connectivity index (χ0n) is 12.9. The van der Waals surface area contributed by atoms with Gasteiger partial charge in [0.15, 0.2) is 0 Å². The largest absolute Gasteiger partial charge is 0.492 e. The first-order valence-corrected chi connectivity index (χ1v) is 7.44. The van der Waals surface area contributed by atoms with Gasteiger partial charge in [-0.05, 0) is 17.7 Å². The van der Waals surface area contributed by atoms with E-state index in [1.807, 2.05) is 12.1 Å². The van der Waals surface area contributed by atoms with Crippen LogP contribution in [0, 0.1) is 27.3 Å². The number of nitrogens with two attached hydrogens (primary N) is 1. The molecule has 25 heavy (non-hydrogen) atoms. The monoisotopic (exact) mass is 355 g/mol. The van der Waals surface area contributed by atoms with E-state index in [2.05, 4.69) is 10.3 Å². The summed E-state index contributed by atoms with van der Waals surface area (Å²) >= 11 is 5.10. The molecule has 0 aliphatic carbocycles. The van der Waals surface area contributed by atoms with Crippen LogP contribution >= 0.6 is 12.2 Å². The highest BCUT2D eigenvalue weighted by atomic mass is 32.1. The Bertz CT molecular complexity index is 938. The Balaban J connectivity index is 2.32. The first-order chi connectivity index (χ1) is 12.0. The fourth-order valence-corrected chi connectivity index (χ4v) is 2.43. The molecule has 0 fully saturated rings. The number of nitrogens with zero attached hydrogens (tertiary/aromatic N) is 2. The summed E-state index contributed by atoms with van der Waals surface area (Å²) in [5.41, 5.74) is 7.06. The van der Waals surface area contributed by atoms with Crippen LogP contribution in [-0.4, -0.2) is 29.3 Å². The second-order valence-corrected chi connectivity index (χ2v) is 5.23. The number of aromatic nitrogens is 1. The summed E-state index contributed by atoms with van der Waals surface area (Å²) in [6.45, 7) is 0.320. The highest BCUT2D eigenvalue weighted by molar-refractivity contribution is 7.71. The van der Waals surface area contributed by atoms with Crippen LogP contribution in [0.1, 0.15) is 11.1 Å². The Morgan fingerprint density at radius 3 is 2.48 bits per heavy atom. The molecule has 1 amide bonds. The molecule has 0 spiro atoms. The van der Waals surface area contributed by atoms with Gasteiger partial charge in [-0.15, -0.1) is 0 Å². The minimum atomic E-state index is -1.12. The number of pyridine rings is 1. The molecule has 0 unspecified atom stereocenters. The Hall–Kier alpha value is -3.56. The lowest BCUT2D eigenvalue weighted by Gasteiger charge is -2.11. The molecule has 1 heterocycles. The number of H-pyrrole nitrogens is 1. The summed E-state index contributed by atoms with van der Waals surface area (Å²) in [6.07, 6.45) is -1.12. The lowest BCUT2D eigenvalue weighted by Crippen LogP contribution is -2.26. The van der Waals surface area contributed by atoms with Gasteiger partial charge in [0.1, 0.15) is 40.5 Å². The minimum Gasteiger partial charge on any atom is -0.492 e. The van der Waals surface area contributed by atoms with Crippen molar-refractivity contribution in [3.63, 3.8) is 0 Å². The van der Waals surface area contributed by atoms with Crippen LogP contribution in [0.4, 0.5) is 10.6 Å². The molecule has 2 rings (SSSR count). The summed E-state index contributed by atoms with van der Waals surface area (Å²) in [7, 11) is 0. The quantitative estimate of drug-likeness (QED) is 0.475. The van der Waals surface area contributed by atoms with Crippen LogP contribution in [0.15, 0.2) is 24.3 Å². The molecule has 0 radical (unpaired) electrons. The summed E-state index contributed by atoms with van der Waals surface area (Å²) in [5, 5.41) is 29.4. The standard InChI is InChI=1S/C16H13N5O3S/c17-7-11-13(12(8-18)15(25)21-14(11)19)9-1-3-10(4-2-9)24-6-5-20-16(22)23/h1-4,20H,5-6H2,(H,22,23)(H3,19,21,25). The van der Waals surface area contributed by atoms with Crippen molar-refractivity contribution in [1.29, 1.82) is 10.5 Å². The van der Waals surface area contributed by atoms with Gasteiger partial charge in [-0.3, -0.25) is 0 Å². The second-order valence-electron chi connectivity index (χ2n) is 4.82. The van der Waals surface area contributed by atoms with Crippen molar-refractivity contribution < 1.29 is 14.6 Å². The number of carboxylic acid groups (broad SMARTS) is 1. The molecule has 126 valence electrons. The smallest absolute Gasteiger partial charge is 0.404 e. The maximum atomic E-state index is 10.3. The zero-order valence-corrected chi connectivity index (χ0v) is 13.7. The number of nitrogen functional groups attached to an aromatic ring is 1. The van der Waals surface area contributed by atoms with Crippen LogP contribution in [0.3, 0.4) is 0 Å². The topological polar surface area (TPSA) is 148 Å². The molecular weight excluding hydrogens is 342 g/mol. The normalized spacial score (nSPS) is 9.68.